The van der Waals surface area contributed by atoms with E-state index < -0.39 is 0 Å². The Hall–Kier alpha value is -1.07. The Bertz CT molecular complexity index is 234. The summed E-state index contributed by atoms with van der Waals surface area (Å²) in [5.41, 5.74) is 0. The molecule has 3 heteroatoms. The van der Waals surface area contributed by atoms with E-state index in [-0.39, 0.29) is 0 Å². The number of halogens is 1. The average Bonchev–Trinajstić information content (AvgIpc) is 1.90. The van der Waals surface area contributed by atoms with Gasteiger partial charge in [-0.05, 0) is 5.92 Å². The molecule has 0 aliphatic rings. The van der Waals surface area contributed by atoms with Crippen LogP contribution in [0.5, 0.6) is 0 Å². The summed E-state index contributed by atoms with van der Waals surface area (Å²) < 4.78 is 0. The van der Waals surface area contributed by atoms with Gasteiger partial charge in [0.15, 0.2) is 0 Å². The molecule has 0 unspecified atom stereocenters. The van der Waals surface area contributed by atoms with E-state index in [2.05, 4.69) is 15.9 Å². The minimum absolute atomic E-state index is 0.361. The fourth-order valence-corrected chi connectivity index (χ4v) is 0.484. The summed E-state index contributed by atoms with van der Waals surface area (Å²) in [5.74, 6) is 2.63. The van der Waals surface area contributed by atoms with Crippen molar-refractivity contribution in [2.45, 2.75) is 0 Å². The molecule has 0 bridgehead atoms. The van der Waals surface area contributed by atoms with Crippen LogP contribution in [0.3, 0.4) is 0 Å². The molecule has 0 amide bonds. The predicted molar refractivity (Wildman–Crippen MR) is 35.0 cm³/mol. The van der Waals surface area contributed by atoms with Crippen molar-refractivity contribution in [2.24, 2.45) is 0 Å². The average molecular weight is 139 g/mol. The number of terminal acetylenes is 1. The van der Waals surface area contributed by atoms with E-state index in [4.69, 9.17) is 18.0 Å². The van der Waals surface area contributed by atoms with E-state index in [0.29, 0.717) is 10.8 Å². The minimum Gasteiger partial charge on any atom is -0.228 e. The van der Waals surface area contributed by atoms with E-state index in [0.717, 1.165) is 0 Å². The summed E-state index contributed by atoms with van der Waals surface area (Å²) in [4.78, 5) is 7.44. The lowest BCUT2D eigenvalue weighted by molar-refractivity contribution is 1.13. The van der Waals surface area contributed by atoms with Crippen LogP contribution in [0.15, 0.2) is 12.4 Å². The molecule has 1 aromatic heterocycles. The summed E-state index contributed by atoms with van der Waals surface area (Å²) in [7, 11) is 0. The summed E-state index contributed by atoms with van der Waals surface area (Å²) in [6.45, 7) is 0. The highest BCUT2D eigenvalue weighted by atomic mass is 35.5. The second-order valence-electron chi connectivity index (χ2n) is 1.37. The van der Waals surface area contributed by atoms with Crippen molar-refractivity contribution < 1.29 is 0 Å². The van der Waals surface area contributed by atoms with Gasteiger partial charge in [0, 0.05) is 0 Å². The van der Waals surface area contributed by atoms with Gasteiger partial charge in [0.1, 0.15) is 0 Å². The first-order valence-electron chi connectivity index (χ1n) is 2.27. The third kappa shape index (κ3) is 1.41. The Balaban J connectivity index is 3.06. The Morgan fingerprint density at radius 2 is 2.00 bits per heavy atom. The number of nitrogens with zero attached hydrogens (tertiary/aromatic N) is 2. The standard InChI is InChI=1S/C6H3ClN2/c1-2-6-8-3-5(7)4-9-6/h1,3-4H. The highest BCUT2D eigenvalue weighted by Gasteiger charge is 1.87. The van der Waals surface area contributed by atoms with Gasteiger partial charge >= 0.3 is 0 Å². The molecule has 0 saturated heterocycles. The lowest BCUT2D eigenvalue weighted by atomic mass is 10.6. The largest absolute Gasteiger partial charge is 0.228 e. The minimum atomic E-state index is 0.361. The van der Waals surface area contributed by atoms with Crippen molar-refractivity contribution >= 4 is 11.6 Å². The van der Waals surface area contributed by atoms with E-state index in [1.807, 2.05) is 0 Å². The van der Waals surface area contributed by atoms with Crippen LogP contribution in [-0.4, -0.2) is 9.97 Å². The molecule has 0 fully saturated rings. The normalized spacial score (nSPS) is 8.44. The molecule has 9 heavy (non-hydrogen) atoms. The summed E-state index contributed by atoms with van der Waals surface area (Å²) in [6, 6.07) is 0. The molecule has 1 aromatic rings. The second kappa shape index (κ2) is 2.47. The zero-order chi connectivity index (χ0) is 6.69. The molecule has 0 aliphatic heterocycles. The molecule has 2 nitrogen and oxygen atoms in total. The van der Waals surface area contributed by atoms with Gasteiger partial charge in [0.05, 0.1) is 17.4 Å². The van der Waals surface area contributed by atoms with Crippen LogP contribution in [0.2, 0.25) is 5.02 Å². The van der Waals surface area contributed by atoms with Gasteiger partial charge in [-0.15, -0.1) is 6.42 Å². The van der Waals surface area contributed by atoms with Crippen LogP contribution in [0.25, 0.3) is 0 Å². The fraction of sp³-hybridized carbons (Fsp3) is 0. The topological polar surface area (TPSA) is 25.8 Å². The highest BCUT2D eigenvalue weighted by molar-refractivity contribution is 6.30. The van der Waals surface area contributed by atoms with Gasteiger partial charge in [0.2, 0.25) is 5.82 Å². The molecule has 0 aliphatic carbocycles. The molecule has 44 valence electrons. The molecule has 0 spiro atoms. The Labute approximate surface area is 57.9 Å². The Kier molecular flexibility index (Phi) is 1.66. The lowest BCUT2D eigenvalue weighted by Crippen LogP contribution is -1.84. The molecule has 0 N–H and O–H groups in total. The van der Waals surface area contributed by atoms with Gasteiger partial charge in [-0.2, -0.15) is 0 Å². The van der Waals surface area contributed by atoms with Crippen molar-refractivity contribution in [1.82, 2.24) is 9.97 Å². The van der Waals surface area contributed by atoms with Crippen molar-refractivity contribution in [2.75, 3.05) is 0 Å². The third-order valence-corrected chi connectivity index (χ3v) is 0.945. The lowest BCUT2D eigenvalue weighted by Gasteiger charge is -1.86. The zero-order valence-electron chi connectivity index (χ0n) is 4.50. The van der Waals surface area contributed by atoms with Gasteiger partial charge in [-0.1, -0.05) is 11.6 Å². The van der Waals surface area contributed by atoms with Crippen molar-refractivity contribution in [1.29, 1.82) is 0 Å². The van der Waals surface area contributed by atoms with Crippen LogP contribution in [0, 0.1) is 12.3 Å². The number of hydrogen-bond donors (Lipinski definition) is 0. The molecule has 0 atom stereocenters. The van der Waals surface area contributed by atoms with Crippen LogP contribution in [0.1, 0.15) is 5.82 Å². The molecule has 1 heterocycles. The molecule has 0 aromatic carbocycles. The Morgan fingerprint density at radius 3 is 2.44 bits per heavy atom. The summed E-state index contributed by atoms with van der Waals surface area (Å²) in [5, 5.41) is 0.494. The number of hydrogen-bond acceptors (Lipinski definition) is 2. The number of aromatic nitrogens is 2. The van der Waals surface area contributed by atoms with Gasteiger partial charge < -0.3 is 0 Å². The molecular weight excluding hydrogens is 136 g/mol. The van der Waals surface area contributed by atoms with Crippen LogP contribution < -0.4 is 0 Å². The first kappa shape index (κ1) is 6.06. The first-order chi connectivity index (χ1) is 4.33. The van der Waals surface area contributed by atoms with Crippen molar-refractivity contribution in [3.8, 4) is 12.3 Å². The zero-order valence-corrected chi connectivity index (χ0v) is 5.26. The molecule has 0 saturated carbocycles. The van der Waals surface area contributed by atoms with Crippen molar-refractivity contribution in [3.05, 3.63) is 23.2 Å². The maximum Gasteiger partial charge on any atom is 0.204 e. The van der Waals surface area contributed by atoms with E-state index >= 15 is 0 Å². The van der Waals surface area contributed by atoms with Crippen molar-refractivity contribution in [3.63, 3.8) is 0 Å². The maximum absolute atomic E-state index is 5.48. The first-order valence-corrected chi connectivity index (χ1v) is 2.65. The monoisotopic (exact) mass is 138 g/mol. The van der Waals surface area contributed by atoms with Crippen LogP contribution in [0.4, 0.5) is 0 Å². The van der Waals surface area contributed by atoms with E-state index in [9.17, 15) is 0 Å². The summed E-state index contributed by atoms with van der Waals surface area (Å²) >= 11 is 5.48. The third-order valence-electron chi connectivity index (χ3n) is 0.749. The molecule has 0 radical (unpaired) electrons. The SMILES string of the molecule is C#Cc1ncc(Cl)cn1. The predicted octanol–water partition coefficient (Wildman–Crippen LogP) is 1.11. The number of rotatable bonds is 0. The van der Waals surface area contributed by atoms with Crippen LogP contribution in [-0.2, 0) is 0 Å². The quantitative estimate of drug-likeness (QED) is 0.502. The van der Waals surface area contributed by atoms with Gasteiger partial charge in [-0.3, -0.25) is 0 Å². The second-order valence-corrected chi connectivity index (χ2v) is 1.81. The smallest absolute Gasteiger partial charge is 0.204 e. The maximum atomic E-state index is 5.48. The van der Waals surface area contributed by atoms with Gasteiger partial charge in [0.25, 0.3) is 0 Å². The molecular formula is C6H3ClN2. The van der Waals surface area contributed by atoms with E-state index in [1.165, 1.54) is 12.4 Å². The van der Waals surface area contributed by atoms with Gasteiger partial charge in [-0.25, -0.2) is 9.97 Å². The fourth-order valence-electron chi connectivity index (χ4n) is 0.387. The molecule has 1 rings (SSSR count). The summed E-state index contributed by atoms with van der Waals surface area (Å²) in [6.07, 6.45) is 7.91. The van der Waals surface area contributed by atoms with E-state index in [1.54, 1.807) is 0 Å². The van der Waals surface area contributed by atoms with Crippen LogP contribution >= 0.6 is 11.6 Å². The Morgan fingerprint density at radius 1 is 1.44 bits per heavy atom. The highest BCUT2D eigenvalue weighted by Crippen LogP contribution is 2.01.